The summed E-state index contributed by atoms with van der Waals surface area (Å²) in [4.78, 5) is 19.5. The van der Waals surface area contributed by atoms with Gasteiger partial charge in [0, 0.05) is 42.0 Å². The van der Waals surface area contributed by atoms with E-state index in [0.29, 0.717) is 24.1 Å². The summed E-state index contributed by atoms with van der Waals surface area (Å²) in [5, 5.41) is 4.90. The summed E-state index contributed by atoms with van der Waals surface area (Å²) >= 11 is 0. The molecule has 1 N–H and O–H groups in total. The number of carbonyl (C=O) groups excluding carboxylic acids is 1. The van der Waals surface area contributed by atoms with Crippen molar-refractivity contribution in [2.45, 2.75) is 44.8 Å². The Labute approximate surface area is 206 Å². The molecule has 0 saturated carbocycles. The van der Waals surface area contributed by atoms with Gasteiger partial charge in [-0.3, -0.25) is 9.78 Å². The van der Waals surface area contributed by atoms with Crippen molar-refractivity contribution in [2.24, 2.45) is 0 Å². The van der Waals surface area contributed by atoms with E-state index in [1.165, 1.54) is 16.9 Å². The maximum absolute atomic E-state index is 12.7. The van der Waals surface area contributed by atoms with Crippen molar-refractivity contribution in [2.75, 3.05) is 39.2 Å². The van der Waals surface area contributed by atoms with E-state index < -0.39 is 0 Å². The predicted octanol–water partition coefficient (Wildman–Crippen LogP) is 4.36. The van der Waals surface area contributed by atoms with Gasteiger partial charge in [-0.05, 0) is 49.3 Å². The van der Waals surface area contributed by atoms with Crippen LogP contribution >= 0.6 is 0 Å². The molecule has 2 aliphatic rings. The maximum atomic E-state index is 12.7. The van der Waals surface area contributed by atoms with Crippen LogP contribution in [0, 0.1) is 0 Å². The van der Waals surface area contributed by atoms with E-state index in [0.717, 1.165) is 61.7 Å². The molecule has 1 amide bonds. The number of aryl methyl sites for hydroxylation is 1. The van der Waals surface area contributed by atoms with E-state index in [4.69, 9.17) is 19.2 Å². The molecule has 0 unspecified atom stereocenters. The van der Waals surface area contributed by atoms with Crippen LogP contribution in [0.2, 0.25) is 0 Å². The number of likely N-dealkylation sites (tertiary alicyclic amines) is 1. The molecule has 1 aromatic heterocycles. The Morgan fingerprint density at radius 2 is 1.80 bits per heavy atom. The fourth-order valence-electron chi connectivity index (χ4n) is 5.15. The van der Waals surface area contributed by atoms with Crippen molar-refractivity contribution in [1.82, 2.24) is 9.88 Å². The Balaban J connectivity index is 1.24. The number of hydrogen-bond acceptors (Lipinski definition) is 6. The third-order valence-corrected chi connectivity index (χ3v) is 7.05. The highest BCUT2D eigenvalue weighted by Crippen LogP contribution is 2.40. The van der Waals surface area contributed by atoms with Gasteiger partial charge in [-0.2, -0.15) is 0 Å². The second kappa shape index (κ2) is 10.5. The third-order valence-electron chi connectivity index (χ3n) is 7.05. The van der Waals surface area contributed by atoms with Crippen molar-refractivity contribution >= 4 is 22.5 Å². The molecule has 0 bridgehead atoms. The molecule has 1 aliphatic carbocycles. The van der Waals surface area contributed by atoms with Crippen LogP contribution in [0.25, 0.3) is 10.9 Å². The topological polar surface area (TPSA) is 72.9 Å². The quantitative estimate of drug-likeness (QED) is 0.522. The number of pyridine rings is 1. The molecule has 0 radical (unpaired) electrons. The van der Waals surface area contributed by atoms with Crippen molar-refractivity contribution in [3.8, 4) is 11.5 Å². The number of piperidine rings is 1. The molecule has 1 fully saturated rings. The van der Waals surface area contributed by atoms with Gasteiger partial charge in [0.15, 0.2) is 11.5 Å². The van der Waals surface area contributed by atoms with Crippen LogP contribution < -0.4 is 14.8 Å². The molecular weight excluding hydrogens is 442 g/mol. The van der Waals surface area contributed by atoms with E-state index in [1.54, 1.807) is 14.2 Å². The van der Waals surface area contributed by atoms with Crippen molar-refractivity contribution in [3.63, 3.8) is 0 Å². The summed E-state index contributed by atoms with van der Waals surface area (Å²) in [5.41, 5.74) is 5.66. The molecular formula is C28H33N3O4. The smallest absolute Gasteiger partial charge is 0.248 e. The summed E-state index contributed by atoms with van der Waals surface area (Å²) in [5.74, 6) is 1.46. The zero-order valence-corrected chi connectivity index (χ0v) is 20.5. The number of fused-ring (bicyclic) bond motifs is 2. The molecule has 5 rings (SSSR count). The first-order valence-electron chi connectivity index (χ1n) is 12.4. The van der Waals surface area contributed by atoms with Crippen LogP contribution in [0.1, 0.15) is 36.1 Å². The SMILES string of the molecule is COc1cc2nc3c(c(NC4CCN(C(=O)COCc5ccccc5)CC4)c2cc1OC)CCC3. The van der Waals surface area contributed by atoms with Crippen LogP contribution in [-0.2, 0) is 29.0 Å². The number of rotatable bonds is 8. The van der Waals surface area contributed by atoms with Crippen LogP contribution in [0.3, 0.4) is 0 Å². The number of anilines is 1. The largest absolute Gasteiger partial charge is 0.493 e. The van der Waals surface area contributed by atoms with Gasteiger partial charge in [-0.1, -0.05) is 30.3 Å². The second-order valence-electron chi connectivity index (χ2n) is 9.27. The lowest BCUT2D eigenvalue weighted by Crippen LogP contribution is -2.43. The lowest BCUT2D eigenvalue weighted by Gasteiger charge is -2.33. The minimum Gasteiger partial charge on any atom is -0.493 e. The van der Waals surface area contributed by atoms with Gasteiger partial charge < -0.3 is 24.4 Å². The van der Waals surface area contributed by atoms with Crippen molar-refractivity contribution < 1.29 is 19.0 Å². The van der Waals surface area contributed by atoms with Gasteiger partial charge in [0.2, 0.25) is 5.91 Å². The van der Waals surface area contributed by atoms with Gasteiger partial charge in [-0.15, -0.1) is 0 Å². The molecule has 1 aliphatic heterocycles. The number of amides is 1. The molecule has 2 aromatic carbocycles. The van der Waals surface area contributed by atoms with Crippen LogP contribution in [0.5, 0.6) is 11.5 Å². The van der Waals surface area contributed by atoms with E-state index in [1.807, 2.05) is 47.4 Å². The van der Waals surface area contributed by atoms with Crippen molar-refractivity contribution in [1.29, 1.82) is 0 Å². The minimum atomic E-state index is 0.0615. The fourth-order valence-corrected chi connectivity index (χ4v) is 5.15. The first-order valence-corrected chi connectivity index (χ1v) is 12.4. The summed E-state index contributed by atoms with van der Waals surface area (Å²) < 4.78 is 16.7. The number of hydrogen-bond donors (Lipinski definition) is 1. The number of benzene rings is 2. The summed E-state index contributed by atoms with van der Waals surface area (Å²) in [6, 6.07) is 14.2. The van der Waals surface area contributed by atoms with Crippen LogP contribution in [-0.4, -0.2) is 55.7 Å². The first-order chi connectivity index (χ1) is 17.2. The van der Waals surface area contributed by atoms with E-state index in [-0.39, 0.29) is 12.5 Å². The number of methoxy groups -OCH3 is 2. The number of nitrogens with zero attached hydrogens (tertiary/aromatic N) is 2. The molecule has 7 nitrogen and oxygen atoms in total. The predicted molar refractivity (Wildman–Crippen MR) is 136 cm³/mol. The maximum Gasteiger partial charge on any atom is 0.248 e. The number of aromatic nitrogens is 1. The molecule has 0 atom stereocenters. The highest BCUT2D eigenvalue weighted by Gasteiger charge is 2.26. The monoisotopic (exact) mass is 475 g/mol. The first kappa shape index (κ1) is 23.4. The number of ether oxygens (including phenoxy) is 3. The van der Waals surface area contributed by atoms with E-state index >= 15 is 0 Å². The van der Waals surface area contributed by atoms with Crippen molar-refractivity contribution in [3.05, 3.63) is 59.3 Å². The third kappa shape index (κ3) is 5.05. The van der Waals surface area contributed by atoms with Gasteiger partial charge in [0.1, 0.15) is 6.61 Å². The average Bonchev–Trinajstić information content (AvgIpc) is 3.37. The van der Waals surface area contributed by atoms with Gasteiger partial charge in [-0.25, -0.2) is 0 Å². The molecule has 2 heterocycles. The highest BCUT2D eigenvalue weighted by molar-refractivity contribution is 5.96. The number of nitrogens with one attached hydrogen (secondary N) is 1. The second-order valence-corrected chi connectivity index (χ2v) is 9.27. The van der Waals surface area contributed by atoms with E-state index in [2.05, 4.69) is 5.32 Å². The summed E-state index contributed by atoms with van der Waals surface area (Å²) in [7, 11) is 3.31. The Hall–Kier alpha value is -3.32. The minimum absolute atomic E-state index is 0.0615. The lowest BCUT2D eigenvalue weighted by molar-refractivity contribution is -0.137. The average molecular weight is 476 g/mol. The molecule has 3 aromatic rings. The fraction of sp³-hybridized carbons (Fsp3) is 0.429. The lowest BCUT2D eigenvalue weighted by atomic mass is 10.0. The highest BCUT2D eigenvalue weighted by atomic mass is 16.5. The Morgan fingerprint density at radius 3 is 2.54 bits per heavy atom. The number of carbonyl (C=O) groups is 1. The normalized spacial score (nSPS) is 15.8. The molecule has 7 heteroatoms. The zero-order chi connectivity index (χ0) is 24.2. The van der Waals surface area contributed by atoms with Crippen LogP contribution in [0.4, 0.5) is 5.69 Å². The zero-order valence-electron chi connectivity index (χ0n) is 20.5. The summed E-state index contributed by atoms with van der Waals surface area (Å²) in [6.07, 6.45) is 4.96. The summed E-state index contributed by atoms with van der Waals surface area (Å²) in [6.45, 7) is 2.04. The molecule has 0 spiro atoms. The van der Waals surface area contributed by atoms with Gasteiger partial charge >= 0.3 is 0 Å². The Kier molecular flexibility index (Phi) is 7.04. The van der Waals surface area contributed by atoms with E-state index in [9.17, 15) is 4.79 Å². The van der Waals surface area contributed by atoms with Crippen LogP contribution in [0.15, 0.2) is 42.5 Å². The Bertz CT molecular complexity index is 1190. The van der Waals surface area contributed by atoms with Gasteiger partial charge in [0.05, 0.1) is 26.3 Å². The Morgan fingerprint density at radius 1 is 1.06 bits per heavy atom. The van der Waals surface area contributed by atoms with Gasteiger partial charge in [0.25, 0.3) is 0 Å². The molecule has 35 heavy (non-hydrogen) atoms. The molecule has 1 saturated heterocycles. The standard InChI is InChI=1S/C28H33N3O4/c1-33-25-15-22-24(16-26(25)34-2)30-23-10-6-9-21(23)28(22)29-20-11-13-31(14-12-20)27(32)18-35-17-19-7-4-3-5-8-19/h3-5,7-8,15-16,20H,6,9-14,17-18H2,1-2H3,(H,29,30). The molecule has 184 valence electrons.